The molecule has 3 heterocycles. The van der Waals surface area contributed by atoms with Crippen LogP contribution in [0.4, 0.5) is 0 Å². The third kappa shape index (κ3) is 2.20. The number of hydrogen-bond donors (Lipinski definition) is 0. The Morgan fingerprint density at radius 2 is 2.00 bits per heavy atom. The molecule has 3 nitrogen and oxygen atoms in total. The lowest BCUT2D eigenvalue weighted by Gasteiger charge is -2.07. The molecular formula is C20H18N2O. The van der Waals surface area contributed by atoms with Crippen molar-refractivity contribution >= 4 is 22.1 Å². The molecule has 0 saturated heterocycles. The first-order valence-electron chi connectivity index (χ1n) is 8.20. The van der Waals surface area contributed by atoms with Crippen LogP contribution in [0.2, 0.25) is 0 Å². The highest BCUT2D eigenvalue weighted by Crippen LogP contribution is 2.38. The van der Waals surface area contributed by atoms with Crippen molar-refractivity contribution in [2.45, 2.75) is 26.7 Å². The van der Waals surface area contributed by atoms with Crippen molar-refractivity contribution in [3.05, 3.63) is 59.9 Å². The van der Waals surface area contributed by atoms with Gasteiger partial charge < -0.3 is 4.42 Å². The fourth-order valence-electron chi connectivity index (χ4n) is 3.04. The van der Waals surface area contributed by atoms with Crippen LogP contribution in [-0.4, -0.2) is 9.97 Å². The maximum Gasteiger partial charge on any atom is 0.227 e. The molecule has 0 atom stereocenters. The summed E-state index contributed by atoms with van der Waals surface area (Å²) in [5.74, 6) is -0.732. The standard InChI is InChI=1S/C20H18N2O/c1-12(2)16-11-13(3)22-20-18(16)15-8-6-7-14(19(15)23-20)17-9-4-5-10-21-17/h4-12H,1-3H3/i12D. The number of furan rings is 1. The van der Waals surface area contributed by atoms with Gasteiger partial charge in [0, 0.05) is 24.2 Å². The second-order valence-electron chi connectivity index (χ2n) is 5.99. The van der Waals surface area contributed by atoms with E-state index in [1.54, 1.807) is 6.20 Å². The van der Waals surface area contributed by atoms with E-state index in [0.717, 1.165) is 38.9 Å². The zero-order chi connectivity index (χ0) is 16.9. The minimum Gasteiger partial charge on any atom is -0.437 e. The second kappa shape index (κ2) is 5.20. The number of hydrogen-bond acceptors (Lipinski definition) is 3. The molecule has 0 spiro atoms. The molecule has 0 radical (unpaired) electrons. The van der Waals surface area contributed by atoms with Crippen LogP contribution in [0.25, 0.3) is 33.3 Å². The van der Waals surface area contributed by atoms with Gasteiger partial charge in [0.2, 0.25) is 5.71 Å². The Labute approximate surface area is 136 Å². The van der Waals surface area contributed by atoms with Crippen LogP contribution in [0.1, 0.15) is 32.4 Å². The quantitative estimate of drug-likeness (QED) is 0.492. The molecule has 0 saturated carbocycles. The van der Waals surface area contributed by atoms with Gasteiger partial charge in [0.1, 0.15) is 5.58 Å². The Bertz CT molecular complexity index is 1050. The third-order valence-corrected chi connectivity index (χ3v) is 4.08. The molecule has 0 unspecified atom stereocenters. The largest absolute Gasteiger partial charge is 0.437 e. The number of rotatable bonds is 2. The molecule has 3 aromatic heterocycles. The van der Waals surface area contributed by atoms with E-state index in [2.05, 4.69) is 9.97 Å². The number of pyridine rings is 2. The monoisotopic (exact) mass is 303 g/mol. The van der Waals surface area contributed by atoms with Gasteiger partial charge in [-0.25, -0.2) is 4.98 Å². The van der Waals surface area contributed by atoms with Crippen molar-refractivity contribution in [1.29, 1.82) is 0 Å². The van der Waals surface area contributed by atoms with Crippen molar-refractivity contribution in [2.24, 2.45) is 0 Å². The highest BCUT2D eigenvalue weighted by atomic mass is 16.3. The van der Waals surface area contributed by atoms with Gasteiger partial charge in [-0.15, -0.1) is 0 Å². The maximum atomic E-state index is 8.50. The summed E-state index contributed by atoms with van der Waals surface area (Å²) in [7, 11) is 0. The highest BCUT2D eigenvalue weighted by Gasteiger charge is 2.18. The molecule has 23 heavy (non-hydrogen) atoms. The molecule has 114 valence electrons. The minimum absolute atomic E-state index is 0.587. The average Bonchev–Trinajstić information content (AvgIpc) is 2.91. The number of benzene rings is 1. The summed E-state index contributed by atoms with van der Waals surface area (Å²) in [6.07, 6.45) is 1.78. The molecule has 0 bridgehead atoms. The number of aryl methyl sites for hydroxylation is 1. The molecule has 0 aliphatic carbocycles. The van der Waals surface area contributed by atoms with E-state index in [1.165, 1.54) is 0 Å². The summed E-state index contributed by atoms with van der Waals surface area (Å²) in [5.41, 5.74) is 4.96. The Hall–Kier alpha value is -2.68. The molecule has 0 aliphatic heterocycles. The van der Waals surface area contributed by atoms with E-state index < -0.39 is 5.89 Å². The summed E-state index contributed by atoms with van der Waals surface area (Å²) in [6, 6.07) is 13.8. The fourth-order valence-corrected chi connectivity index (χ4v) is 3.04. The van der Waals surface area contributed by atoms with Gasteiger partial charge in [0.15, 0.2) is 0 Å². The van der Waals surface area contributed by atoms with Gasteiger partial charge >= 0.3 is 0 Å². The maximum absolute atomic E-state index is 8.50. The predicted molar refractivity (Wildman–Crippen MR) is 93.6 cm³/mol. The summed E-state index contributed by atoms with van der Waals surface area (Å²) in [5, 5.41) is 1.91. The van der Waals surface area contributed by atoms with E-state index in [-0.39, 0.29) is 0 Å². The summed E-state index contributed by atoms with van der Waals surface area (Å²) >= 11 is 0. The lowest BCUT2D eigenvalue weighted by Crippen LogP contribution is -1.92. The molecule has 0 N–H and O–H groups in total. The van der Waals surface area contributed by atoms with Crippen LogP contribution in [0.15, 0.2) is 53.1 Å². The predicted octanol–water partition coefficient (Wildman–Crippen LogP) is 5.47. The molecule has 3 heteroatoms. The number of nitrogens with zero attached hydrogens (tertiary/aromatic N) is 2. The van der Waals surface area contributed by atoms with Gasteiger partial charge in [0.25, 0.3) is 0 Å². The summed E-state index contributed by atoms with van der Waals surface area (Å²) < 4.78 is 14.6. The van der Waals surface area contributed by atoms with E-state index in [9.17, 15) is 0 Å². The topological polar surface area (TPSA) is 38.9 Å². The Balaban J connectivity index is 2.14. The summed E-state index contributed by atoms with van der Waals surface area (Å²) in [4.78, 5) is 8.99. The summed E-state index contributed by atoms with van der Waals surface area (Å²) in [6.45, 7) is 5.72. The lowest BCUT2D eigenvalue weighted by atomic mass is 9.97. The second-order valence-corrected chi connectivity index (χ2v) is 5.99. The van der Waals surface area contributed by atoms with Crippen molar-refractivity contribution < 1.29 is 5.79 Å². The first-order valence-corrected chi connectivity index (χ1v) is 7.70. The van der Waals surface area contributed by atoms with E-state index in [4.69, 9.17) is 5.79 Å². The first-order chi connectivity index (χ1) is 11.4. The number of para-hydroxylation sites is 1. The SMILES string of the molecule is [2H]C(C)(C)c1cc(C)nc2oc3c(-c4ccccn4)cccc3c12. The minimum atomic E-state index is -0.732. The van der Waals surface area contributed by atoms with Gasteiger partial charge in [-0.1, -0.05) is 32.0 Å². The van der Waals surface area contributed by atoms with Gasteiger partial charge in [-0.3, -0.25) is 4.98 Å². The van der Waals surface area contributed by atoms with Crippen LogP contribution in [0.5, 0.6) is 0 Å². The number of aromatic nitrogens is 2. The third-order valence-electron chi connectivity index (χ3n) is 4.08. The average molecular weight is 303 g/mol. The van der Waals surface area contributed by atoms with Crippen LogP contribution in [-0.2, 0) is 0 Å². The molecular weight excluding hydrogens is 284 g/mol. The zero-order valence-electron chi connectivity index (χ0n) is 14.4. The van der Waals surface area contributed by atoms with Crippen LogP contribution < -0.4 is 0 Å². The molecule has 1 aromatic carbocycles. The first kappa shape index (κ1) is 12.8. The highest BCUT2D eigenvalue weighted by molar-refractivity contribution is 6.09. The smallest absolute Gasteiger partial charge is 0.227 e. The van der Waals surface area contributed by atoms with Crippen molar-refractivity contribution in [3.8, 4) is 11.3 Å². The molecule has 0 aliphatic rings. The van der Waals surface area contributed by atoms with Crippen molar-refractivity contribution in [3.63, 3.8) is 0 Å². The zero-order valence-corrected chi connectivity index (χ0v) is 13.4. The Morgan fingerprint density at radius 3 is 2.74 bits per heavy atom. The van der Waals surface area contributed by atoms with Gasteiger partial charge in [-0.05, 0) is 42.6 Å². The lowest BCUT2D eigenvalue weighted by molar-refractivity contribution is 0.652. The van der Waals surface area contributed by atoms with Gasteiger partial charge in [0.05, 0.1) is 11.1 Å². The normalized spacial score (nSPS) is 12.7. The Kier molecular flexibility index (Phi) is 2.90. The van der Waals surface area contributed by atoms with E-state index in [1.807, 2.05) is 63.2 Å². The van der Waals surface area contributed by atoms with Crippen molar-refractivity contribution in [1.82, 2.24) is 9.97 Å². The van der Waals surface area contributed by atoms with Crippen LogP contribution >= 0.6 is 0 Å². The van der Waals surface area contributed by atoms with Crippen molar-refractivity contribution in [2.75, 3.05) is 0 Å². The molecule has 0 fully saturated rings. The molecule has 4 rings (SSSR count). The molecule has 4 aromatic rings. The van der Waals surface area contributed by atoms with E-state index in [0.29, 0.717) is 5.71 Å². The van der Waals surface area contributed by atoms with Gasteiger partial charge in [-0.2, -0.15) is 0 Å². The van der Waals surface area contributed by atoms with E-state index >= 15 is 0 Å². The Morgan fingerprint density at radius 1 is 1.13 bits per heavy atom. The number of fused-ring (bicyclic) bond motifs is 3. The fraction of sp³-hybridized carbons (Fsp3) is 0.200. The van der Waals surface area contributed by atoms with Crippen LogP contribution in [0, 0.1) is 6.92 Å². The molecule has 0 amide bonds. The van der Waals surface area contributed by atoms with Crippen LogP contribution in [0.3, 0.4) is 0 Å².